The van der Waals surface area contributed by atoms with Gasteiger partial charge in [0.25, 0.3) is 0 Å². The van der Waals surface area contributed by atoms with Gasteiger partial charge in [0.2, 0.25) is 11.8 Å². The van der Waals surface area contributed by atoms with Gasteiger partial charge >= 0.3 is 0 Å². The van der Waals surface area contributed by atoms with Crippen molar-refractivity contribution in [3.05, 3.63) is 30.1 Å². The number of nitrogens with one attached hydrogen (secondary N) is 1. The summed E-state index contributed by atoms with van der Waals surface area (Å²) in [4.78, 5) is 31.2. The molecule has 1 aromatic heterocycles. The lowest BCUT2D eigenvalue weighted by Gasteiger charge is -2.57. The molecule has 1 N–H and O–H groups in total. The van der Waals surface area contributed by atoms with Gasteiger partial charge < -0.3 is 10.2 Å². The van der Waals surface area contributed by atoms with E-state index < -0.39 is 0 Å². The summed E-state index contributed by atoms with van der Waals surface area (Å²) in [6, 6.07) is 3.85. The van der Waals surface area contributed by atoms with Gasteiger partial charge in [-0.15, -0.1) is 0 Å². The molecule has 0 spiro atoms. The lowest BCUT2D eigenvalue weighted by atomic mass is 9.53. The summed E-state index contributed by atoms with van der Waals surface area (Å²) < 4.78 is 0. The van der Waals surface area contributed by atoms with Gasteiger partial charge in [0.15, 0.2) is 0 Å². The van der Waals surface area contributed by atoms with Gasteiger partial charge in [-0.2, -0.15) is 0 Å². The highest BCUT2D eigenvalue weighted by molar-refractivity contribution is 5.89. The third-order valence-electron chi connectivity index (χ3n) is 7.13. The topological polar surface area (TPSA) is 62.3 Å². The molecular formula is C21H27N3O2. The minimum Gasteiger partial charge on any atom is -0.350 e. The van der Waals surface area contributed by atoms with Crippen molar-refractivity contribution >= 4 is 11.8 Å². The molecule has 1 atom stereocenters. The van der Waals surface area contributed by atoms with E-state index in [1.807, 2.05) is 17.0 Å². The van der Waals surface area contributed by atoms with Gasteiger partial charge in [-0.05, 0) is 74.0 Å². The van der Waals surface area contributed by atoms with E-state index in [0.717, 1.165) is 42.6 Å². The largest absolute Gasteiger partial charge is 0.350 e. The average Bonchev–Trinajstić information content (AvgIpc) is 2.95. The Kier molecular flexibility index (Phi) is 3.80. The van der Waals surface area contributed by atoms with Crippen LogP contribution in [0.25, 0.3) is 0 Å². The number of hydrogen-bond acceptors (Lipinski definition) is 3. The van der Waals surface area contributed by atoms with E-state index in [1.54, 1.807) is 12.4 Å². The molecule has 4 aliphatic carbocycles. The summed E-state index contributed by atoms with van der Waals surface area (Å²) in [6.45, 7) is 1.11. The normalized spacial score (nSPS) is 38.0. The summed E-state index contributed by atoms with van der Waals surface area (Å²) >= 11 is 0. The van der Waals surface area contributed by atoms with Crippen molar-refractivity contribution in [3.8, 4) is 0 Å². The zero-order valence-corrected chi connectivity index (χ0v) is 15.2. The van der Waals surface area contributed by atoms with Gasteiger partial charge in [-0.1, -0.05) is 0 Å². The van der Waals surface area contributed by atoms with Gasteiger partial charge in [-0.25, -0.2) is 0 Å². The Labute approximate surface area is 154 Å². The van der Waals surface area contributed by atoms with E-state index in [4.69, 9.17) is 0 Å². The predicted octanol–water partition coefficient (Wildman–Crippen LogP) is 2.52. The maximum atomic E-state index is 13.0. The van der Waals surface area contributed by atoms with E-state index in [-0.39, 0.29) is 23.3 Å². The molecule has 0 unspecified atom stereocenters. The predicted molar refractivity (Wildman–Crippen MR) is 96.8 cm³/mol. The van der Waals surface area contributed by atoms with Crippen molar-refractivity contribution < 1.29 is 9.59 Å². The molecule has 4 saturated carbocycles. The van der Waals surface area contributed by atoms with E-state index in [1.165, 1.54) is 19.3 Å². The third kappa shape index (κ3) is 2.91. The smallest absolute Gasteiger partial charge is 0.225 e. The van der Waals surface area contributed by atoms with Gasteiger partial charge in [0.05, 0.1) is 5.92 Å². The molecule has 5 fully saturated rings. The Bertz CT molecular complexity index is 682. The number of aromatic nitrogens is 1. The number of likely N-dealkylation sites (tertiary alicyclic amines) is 1. The number of nitrogens with zero attached hydrogens (tertiary/aromatic N) is 2. The Balaban J connectivity index is 1.23. The molecule has 6 rings (SSSR count). The second kappa shape index (κ2) is 6.07. The summed E-state index contributed by atoms with van der Waals surface area (Å²) in [7, 11) is 0. The van der Waals surface area contributed by atoms with Crippen LogP contribution in [0.1, 0.15) is 50.5 Å². The number of hydrogen-bond donors (Lipinski definition) is 1. The third-order valence-corrected chi connectivity index (χ3v) is 7.13. The molecule has 138 valence electrons. The Morgan fingerprint density at radius 1 is 1.12 bits per heavy atom. The number of rotatable bonds is 4. The SMILES string of the molecule is O=C(NC12CC3CC(CC(C3)C1)C2)[C@H]1CC(=O)N(Cc2ccncc2)C1. The molecule has 4 bridgehead atoms. The van der Waals surface area contributed by atoms with E-state index in [0.29, 0.717) is 19.5 Å². The summed E-state index contributed by atoms with van der Waals surface area (Å²) in [5.74, 6) is 2.45. The molecule has 0 aromatic carbocycles. The lowest BCUT2D eigenvalue weighted by molar-refractivity contribution is -0.132. The molecule has 5 aliphatic rings. The zero-order chi connectivity index (χ0) is 17.7. The second-order valence-corrected chi connectivity index (χ2v) is 9.22. The summed E-state index contributed by atoms with van der Waals surface area (Å²) in [5.41, 5.74) is 1.10. The van der Waals surface area contributed by atoms with Crippen molar-refractivity contribution in [1.82, 2.24) is 15.2 Å². The van der Waals surface area contributed by atoms with Gasteiger partial charge in [-0.3, -0.25) is 14.6 Å². The van der Waals surface area contributed by atoms with Crippen molar-refractivity contribution in [2.24, 2.45) is 23.7 Å². The van der Waals surface area contributed by atoms with Crippen LogP contribution in [0, 0.1) is 23.7 Å². The van der Waals surface area contributed by atoms with Crippen LogP contribution in [-0.4, -0.2) is 33.8 Å². The fraction of sp³-hybridized carbons (Fsp3) is 0.667. The first-order valence-corrected chi connectivity index (χ1v) is 10.1. The van der Waals surface area contributed by atoms with Crippen LogP contribution < -0.4 is 5.32 Å². The molecule has 2 amide bonds. The first-order chi connectivity index (χ1) is 12.6. The average molecular weight is 353 g/mol. The highest BCUT2D eigenvalue weighted by atomic mass is 16.2. The molecule has 1 aromatic rings. The Hall–Kier alpha value is -1.91. The van der Waals surface area contributed by atoms with Crippen LogP contribution in [0.15, 0.2) is 24.5 Å². The van der Waals surface area contributed by atoms with Crippen molar-refractivity contribution in [1.29, 1.82) is 0 Å². The van der Waals surface area contributed by atoms with E-state index >= 15 is 0 Å². The monoisotopic (exact) mass is 353 g/mol. The second-order valence-electron chi connectivity index (χ2n) is 9.22. The fourth-order valence-electron chi connectivity index (χ4n) is 6.44. The summed E-state index contributed by atoms with van der Waals surface area (Å²) in [5, 5.41) is 3.44. The van der Waals surface area contributed by atoms with Gasteiger partial charge in [0.1, 0.15) is 0 Å². The highest BCUT2D eigenvalue weighted by Gasteiger charge is 2.52. The maximum Gasteiger partial charge on any atom is 0.225 e. The highest BCUT2D eigenvalue weighted by Crippen LogP contribution is 2.55. The van der Waals surface area contributed by atoms with E-state index in [9.17, 15) is 9.59 Å². The van der Waals surface area contributed by atoms with E-state index in [2.05, 4.69) is 10.3 Å². The number of pyridine rings is 1. The first-order valence-electron chi connectivity index (χ1n) is 10.1. The van der Waals surface area contributed by atoms with Crippen molar-refractivity contribution in [3.63, 3.8) is 0 Å². The van der Waals surface area contributed by atoms with Crippen LogP contribution in [0.5, 0.6) is 0 Å². The molecule has 1 aliphatic heterocycles. The minimum atomic E-state index is -0.197. The molecule has 0 radical (unpaired) electrons. The number of amides is 2. The molecule has 1 saturated heterocycles. The minimum absolute atomic E-state index is 0.0351. The molecule has 26 heavy (non-hydrogen) atoms. The Morgan fingerprint density at radius 2 is 1.73 bits per heavy atom. The number of carbonyl (C=O) groups is 2. The standard InChI is InChI=1S/C21H27N3O2/c25-19-8-18(13-24(19)12-14-1-3-22-4-2-14)20(26)23-21-9-15-5-16(10-21)7-17(6-15)11-21/h1-4,15-18H,5-13H2,(H,23,26)/t15?,16?,17?,18-,21?/m0/s1. The first kappa shape index (κ1) is 16.3. The zero-order valence-electron chi connectivity index (χ0n) is 15.2. The van der Waals surface area contributed by atoms with Crippen molar-refractivity contribution in [2.75, 3.05) is 6.54 Å². The molecule has 2 heterocycles. The van der Waals surface area contributed by atoms with Crippen LogP contribution in [0.2, 0.25) is 0 Å². The van der Waals surface area contributed by atoms with Gasteiger partial charge in [0, 0.05) is 37.4 Å². The molecular weight excluding hydrogens is 326 g/mol. The van der Waals surface area contributed by atoms with Crippen LogP contribution in [0.4, 0.5) is 0 Å². The number of carbonyl (C=O) groups excluding carboxylic acids is 2. The van der Waals surface area contributed by atoms with Crippen molar-refractivity contribution in [2.45, 2.75) is 57.0 Å². The van der Waals surface area contributed by atoms with Crippen LogP contribution >= 0.6 is 0 Å². The molecule has 5 heteroatoms. The molecule has 5 nitrogen and oxygen atoms in total. The lowest BCUT2D eigenvalue weighted by Crippen LogP contribution is -2.60. The van der Waals surface area contributed by atoms with Crippen LogP contribution in [-0.2, 0) is 16.1 Å². The fourth-order valence-corrected chi connectivity index (χ4v) is 6.44. The summed E-state index contributed by atoms with van der Waals surface area (Å²) in [6.07, 6.45) is 11.4. The Morgan fingerprint density at radius 3 is 2.35 bits per heavy atom. The van der Waals surface area contributed by atoms with Crippen LogP contribution in [0.3, 0.4) is 0 Å². The quantitative estimate of drug-likeness (QED) is 0.905. The maximum absolute atomic E-state index is 13.0.